The fourth-order valence-electron chi connectivity index (χ4n) is 1.64. The molecule has 0 spiro atoms. The predicted molar refractivity (Wildman–Crippen MR) is 75.3 cm³/mol. The molecular formula is C13H20N2OS. The minimum atomic E-state index is -0.164. The Balaban J connectivity index is 2.63. The average Bonchev–Trinajstić information content (AvgIpc) is 2.28. The Bertz CT molecular complexity index is 381. The molecular weight excluding hydrogens is 232 g/mol. The zero-order valence-electron chi connectivity index (χ0n) is 10.6. The maximum absolute atomic E-state index is 12.0. The molecule has 0 heterocycles. The number of benzene rings is 1. The third kappa shape index (κ3) is 4.30. The number of nitrogens with one attached hydrogen (secondary N) is 1. The van der Waals surface area contributed by atoms with Crippen LogP contribution in [0.15, 0.2) is 24.3 Å². The van der Waals surface area contributed by atoms with Gasteiger partial charge in [-0.05, 0) is 37.8 Å². The number of hydrogen-bond acceptors (Lipinski definition) is 3. The lowest BCUT2D eigenvalue weighted by Crippen LogP contribution is -2.36. The Hall–Kier alpha value is -1.16. The van der Waals surface area contributed by atoms with E-state index in [4.69, 9.17) is 5.73 Å². The van der Waals surface area contributed by atoms with Crippen LogP contribution in [0, 0.1) is 0 Å². The molecule has 1 rings (SSSR count). The zero-order valence-corrected chi connectivity index (χ0v) is 11.4. The van der Waals surface area contributed by atoms with E-state index in [1.165, 1.54) is 0 Å². The van der Waals surface area contributed by atoms with Gasteiger partial charge in [0.05, 0.1) is 5.92 Å². The third-order valence-corrected chi connectivity index (χ3v) is 3.44. The molecule has 0 radical (unpaired) electrons. The second-order valence-corrected chi connectivity index (χ2v) is 5.17. The van der Waals surface area contributed by atoms with Gasteiger partial charge in [-0.25, -0.2) is 0 Å². The van der Waals surface area contributed by atoms with Crippen LogP contribution in [0.1, 0.15) is 25.3 Å². The topological polar surface area (TPSA) is 55.1 Å². The maximum Gasteiger partial charge on any atom is 0.227 e. The molecule has 0 aromatic heterocycles. The molecule has 4 heteroatoms. The molecule has 3 N–H and O–H groups in total. The van der Waals surface area contributed by atoms with Gasteiger partial charge in [-0.15, -0.1) is 0 Å². The first kappa shape index (κ1) is 13.9. The van der Waals surface area contributed by atoms with Crippen molar-refractivity contribution in [2.75, 3.05) is 17.7 Å². The van der Waals surface area contributed by atoms with Gasteiger partial charge in [-0.2, -0.15) is 11.8 Å². The first-order valence-electron chi connectivity index (χ1n) is 5.69. The molecule has 1 aromatic carbocycles. The molecule has 2 atom stereocenters. The highest BCUT2D eigenvalue weighted by Crippen LogP contribution is 2.18. The summed E-state index contributed by atoms with van der Waals surface area (Å²) in [6.45, 7) is 3.91. The number of anilines is 1. The van der Waals surface area contributed by atoms with Crippen molar-refractivity contribution in [1.29, 1.82) is 0 Å². The van der Waals surface area contributed by atoms with Crippen molar-refractivity contribution in [1.82, 2.24) is 5.32 Å². The molecule has 0 aliphatic carbocycles. The number of nitrogen functional groups attached to an aromatic ring is 1. The van der Waals surface area contributed by atoms with Crippen LogP contribution in [-0.2, 0) is 4.79 Å². The van der Waals surface area contributed by atoms with Gasteiger partial charge in [0.2, 0.25) is 5.91 Å². The van der Waals surface area contributed by atoms with Gasteiger partial charge in [0, 0.05) is 17.5 Å². The van der Waals surface area contributed by atoms with Crippen LogP contribution in [0.5, 0.6) is 0 Å². The Kier molecular flexibility index (Phi) is 5.35. The van der Waals surface area contributed by atoms with E-state index in [9.17, 15) is 4.79 Å². The van der Waals surface area contributed by atoms with Gasteiger partial charge in [0.15, 0.2) is 0 Å². The van der Waals surface area contributed by atoms with Crippen LogP contribution in [0.2, 0.25) is 0 Å². The molecule has 0 saturated carbocycles. The molecule has 0 saturated heterocycles. The van der Waals surface area contributed by atoms with E-state index in [1.807, 2.05) is 44.4 Å². The molecule has 2 unspecified atom stereocenters. The van der Waals surface area contributed by atoms with Crippen LogP contribution in [0.4, 0.5) is 5.69 Å². The summed E-state index contributed by atoms with van der Waals surface area (Å²) in [4.78, 5) is 12.0. The summed E-state index contributed by atoms with van der Waals surface area (Å²) < 4.78 is 0. The summed E-state index contributed by atoms with van der Waals surface area (Å²) in [7, 11) is 0. The Morgan fingerprint density at radius 1 is 1.47 bits per heavy atom. The van der Waals surface area contributed by atoms with Gasteiger partial charge in [-0.1, -0.05) is 12.1 Å². The summed E-state index contributed by atoms with van der Waals surface area (Å²) in [6.07, 6.45) is 2.03. The highest BCUT2D eigenvalue weighted by molar-refractivity contribution is 7.98. The molecule has 1 amide bonds. The second kappa shape index (κ2) is 6.55. The van der Waals surface area contributed by atoms with Crippen LogP contribution >= 0.6 is 11.8 Å². The number of rotatable bonds is 5. The zero-order chi connectivity index (χ0) is 12.8. The van der Waals surface area contributed by atoms with Crippen molar-refractivity contribution in [2.45, 2.75) is 25.8 Å². The minimum absolute atomic E-state index is 0.0529. The fourth-order valence-corrected chi connectivity index (χ4v) is 2.22. The number of thioether (sulfide) groups is 1. The molecule has 0 fully saturated rings. The number of carbonyl (C=O) groups is 1. The first-order valence-corrected chi connectivity index (χ1v) is 7.08. The number of nitrogens with two attached hydrogens (primary N) is 1. The lowest BCUT2D eigenvalue weighted by atomic mass is 9.99. The van der Waals surface area contributed by atoms with E-state index in [2.05, 4.69) is 5.32 Å². The Morgan fingerprint density at radius 2 is 2.18 bits per heavy atom. The normalized spacial score (nSPS) is 14.1. The highest BCUT2D eigenvalue weighted by atomic mass is 32.2. The van der Waals surface area contributed by atoms with E-state index in [0.29, 0.717) is 5.69 Å². The van der Waals surface area contributed by atoms with E-state index >= 15 is 0 Å². The van der Waals surface area contributed by atoms with Crippen molar-refractivity contribution in [2.24, 2.45) is 0 Å². The average molecular weight is 252 g/mol. The van der Waals surface area contributed by atoms with Gasteiger partial charge in [-0.3, -0.25) is 4.79 Å². The third-order valence-electron chi connectivity index (χ3n) is 2.61. The van der Waals surface area contributed by atoms with Gasteiger partial charge >= 0.3 is 0 Å². The minimum Gasteiger partial charge on any atom is -0.399 e. The molecule has 0 bridgehead atoms. The maximum atomic E-state index is 12.0. The summed E-state index contributed by atoms with van der Waals surface area (Å²) >= 11 is 1.73. The summed E-state index contributed by atoms with van der Waals surface area (Å²) in [6, 6.07) is 7.68. The smallest absolute Gasteiger partial charge is 0.227 e. The Morgan fingerprint density at radius 3 is 2.76 bits per heavy atom. The van der Waals surface area contributed by atoms with Crippen molar-refractivity contribution in [3.8, 4) is 0 Å². The lowest BCUT2D eigenvalue weighted by molar-refractivity contribution is -0.122. The van der Waals surface area contributed by atoms with Gasteiger partial charge in [0.1, 0.15) is 0 Å². The number of hydrogen-bond donors (Lipinski definition) is 2. The van der Waals surface area contributed by atoms with Crippen LogP contribution < -0.4 is 11.1 Å². The summed E-state index contributed by atoms with van der Waals surface area (Å²) in [5.74, 6) is 0.815. The van der Waals surface area contributed by atoms with E-state index in [-0.39, 0.29) is 17.9 Å². The van der Waals surface area contributed by atoms with Crippen LogP contribution in [-0.4, -0.2) is 24.0 Å². The van der Waals surface area contributed by atoms with Gasteiger partial charge < -0.3 is 11.1 Å². The predicted octanol–water partition coefficient (Wildman–Crippen LogP) is 2.24. The highest BCUT2D eigenvalue weighted by Gasteiger charge is 2.16. The lowest BCUT2D eigenvalue weighted by Gasteiger charge is -2.17. The molecule has 17 heavy (non-hydrogen) atoms. The SMILES string of the molecule is CSCC(C)NC(=O)C(C)c1cccc(N)c1. The quantitative estimate of drug-likeness (QED) is 0.790. The van der Waals surface area contributed by atoms with Crippen LogP contribution in [0.3, 0.4) is 0 Å². The number of amides is 1. The summed E-state index contributed by atoms with van der Waals surface area (Å²) in [5.41, 5.74) is 7.36. The largest absolute Gasteiger partial charge is 0.399 e. The van der Waals surface area contributed by atoms with Crippen molar-refractivity contribution >= 4 is 23.4 Å². The van der Waals surface area contributed by atoms with Crippen LogP contribution in [0.25, 0.3) is 0 Å². The van der Waals surface area contributed by atoms with Crippen molar-refractivity contribution in [3.05, 3.63) is 29.8 Å². The molecule has 0 aliphatic heterocycles. The summed E-state index contributed by atoms with van der Waals surface area (Å²) in [5, 5.41) is 3.00. The Labute approximate surface area is 107 Å². The van der Waals surface area contributed by atoms with Crippen molar-refractivity contribution in [3.63, 3.8) is 0 Å². The fraction of sp³-hybridized carbons (Fsp3) is 0.462. The molecule has 1 aromatic rings. The molecule has 94 valence electrons. The van der Waals surface area contributed by atoms with Gasteiger partial charge in [0.25, 0.3) is 0 Å². The van der Waals surface area contributed by atoms with Crippen molar-refractivity contribution < 1.29 is 4.79 Å². The van der Waals surface area contributed by atoms with E-state index in [0.717, 1.165) is 11.3 Å². The standard InChI is InChI=1S/C13H20N2OS/c1-9(8-17-3)15-13(16)10(2)11-5-4-6-12(14)7-11/h4-7,9-10H,8,14H2,1-3H3,(H,15,16). The van der Waals surface area contributed by atoms with E-state index in [1.54, 1.807) is 11.8 Å². The monoisotopic (exact) mass is 252 g/mol. The van der Waals surface area contributed by atoms with E-state index < -0.39 is 0 Å². The number of carbonyl (C=O) groups excluding carboxylic acids is 1. The second-order valence-electron chi connectivity index (χ2n) is 4.26. The first-order chi connectivity index (χ1) is 8.04. The molecule has 3 nitrogen and oxygen atoms in total. The molecule has 0 aliphatic rings.